The summed E-state index contributed by atoms with van der Waals surface area (Å²) in [5.74, 6) is 1.85. The van der Waals surface area contributed by atoms with Crippen LogP contribution in [0.1, 0.15) is 62.5 Å². The molecule has 1 saturated heterocycles. The molecular weight excluding hydrogens is 444 g/mol. The summed E-state index contributed by atoms with van der Waals surface area (Å²) in [7, 11) is 6.47. The van der Waals surface area contributed by atoms with Crippen LogP contribution in [0.15, 0.2) is 49.7 Å². The van der Waals surface area contributed by atoms with Crippen molar-refractivity contribution in [2.24, 2.45) is 5.92 Å². The van der Waals surface area contributed by atoms with Crippen LogP contribution in [0.2, 0.25) is 0 Å². The van der Waals surface area contributed by atoms with Gasteiger partial charge in [0.1, 0.15) is 5.75 Å². The Bertz CT molecular complexity index is 858. The van der Waals surface area contributed by atoms with Crippen molar-refractivity contribution in [1.82, 2.24) is 20.0 Å². The van der Waals surface area contributed by atoms with Crippen LogP contribution in [0.3, 0.4) is 0 Å². The van der Waals surface area contributed by atoms with Crippen molar-refractivity contribution in [2.75, 3.05) is 53.9 Å². The number of benzene rings is 1. The maximum atomic E-state index is 6.13. The lowest BCUT2D eigenvalue weighted by atomic mass is 9.96. The van der Waals surface area contributed by atoms with Crippen molar-refractivity contribution in [3.63, 3.8) is 0 Å². The summed E-state index contributed by atoms with van der Waals surface area (Å²) in [6, 6.07) is 6.67. The zero-order valence-corrected chi connectivity index (χ0v) is 23.2. The van der Waals surface area contributed by atoms with Gasteiger partial charge in [-0.3, -0.25) is 0 Å². The van der Waals surface area contributed by atoms with Gasteiger partial charge in [-0.05, 0) is 102 Å². The first-order valence-corrected chi connectivity index (χ1v) is 14.0. The highest BCUT2D eigenvalue weighted by Crippen LogP contribution is 2.37. The summed E-state index contributed by atoms with van der Waals surface area (Å²) in [6.45, 7) is 19.1. The number of nitrogens with zero attached hydrogens (tertiary/aromatic N) is 3. The van der Waals surface area contributed by atoms with Gasteiger partial charge in [0, 0.05) is 37.1 Å². The number of ether oxygens (including phenoxy) is 1. The first kappa shape index (κ1) is 28.3. The molecule has 2 aliphatic heterocycles. The Kier molecular flexibility index (Phi) is 11.4. The molecule has 36 heavy (non-hydrogen) atoms. The molecule has 1 aromatic rings. The van der Waals surface area contributed by atoms with Gasteiger partial charge < -0.3 is 24.8 Å². The van der Waals surface area contributed by atoms with Gasteiger partial charge in [-0.15, -0.1) is 6.58 Å². The highest BCUT2D eigenvalue weighted by molar-refractivity contribution is 5.70. The lowest BCUT2D eigenvalue weighted by molar-refractivity contribution is 0.175. The largest absolute Gasteiger partial charge is 0.494 e. The van der Waals surface area contributed by atoms with E-state index in [1.54, 1.807) is 0 Å². The Labute approximate surface area is 220 Å². The monoisotopic (exact) mass is 494 g/mol. The number of nitrogens with one attached hydrogen (secondary N) is 1. The number of unbranched alkanes of at least 4 members (excludes halogenated alkanes) is 3. The smallest absolute Gasteiger partial charge is 0.119 e. The molecule has 0 saturated carbocycles. The van der Waals surface area contributed by atoms with Gasteiger partial charge in [0.15, 0.2) is 0 Å². The molecule has 1 unspecified atom stereocenters. The number of fused-ring (bicyclic) bond motifs is 1. The molecule has 0 radical (unpaired) electrons. The Balaban J connectivity index is 1.35. The number of rotatable bonds is 16. The molecule has 1 atom stereocenters. The molecule has 200 valence electrons. The van der Waals surface area contributed by atoms with Gasteiger partial charge in [-0.2, -0.15) is 0 Å². The van der Waals surface area contributed by atoms with E-state index < -0.39 is 0 Å². The van der Waals surface area contributed by atoms with E-state index in [1.165, 1.54) is 69.4 Å². The number of likely N-dealkylation sites (tertiary alicyclic amines) is 1. The maximum Gasteiger partial charge on any atom is 0.119 e. The third kappa shape index (κ3) is 8.14. The van der Waals surface area contributed by atoms with Gasteiger partial charge >= 0.3 is 0 Å². The molecular formula is C31H50N4O. The Hall–Kier alpha value is -2.24. The predicted molar refractivity (Wildman–Crippen MR) is 154 cm³/mol. The molecule has 0 spiro atoms. The van der Waals surface area contributed by atoms with Gasteiger partial charge in [0.2, 0.25) is 0 Å². The van der Waals surface area contributed by atoms with Crippen molar-refractivity contribution in [2.45, 2.75) is 64.0 Å². The van der Waals surface area contributed by atoms with E-state index in [1.807, 2.05) is 13.1 Å². The SMILES string of the molecule is C=CCCC(C(=C)NC)N1Cc2cc(OCCCCCCN(C)CC3CCN(C)CC3)ccc2C1=C. The first-order valence-electron chi connectivity index (χ1n) is 14.0. The molecule has 5 nitrogen and oxygen atoms in total. The maximum absolute atomic E-state index is 6.13. The van der Waals surface area contributed by atoms with Crippen LogP contribution in [0.25, 0.3) is 5.70 Å². The second-order valence-electron chi connectivity index (χ2n) is 10.8. The number of hydrogen-bond donors (Lipinski definition) is 1. The van der Waals surface area contributed by atoms with Crippen LogP contribution in [-0.4, -0.2) is 74.7 Å². The van der Waals surface area contributed by atoms with E-state index in [4.69, 9.17) is 4.74 Å². The van der Waals surface area contributed by atoms with Crippen molar-refractivity contribution in [1.29, 1.82) is 0 Å². The highest BCUT2D eigenvalue weighted by atomic mass is 16.5. The number of hydrogen-bond acceptors (Lipinski definition) is 5. The minimum absolute atomic E-state index is 0.209. The van der Waals surface area contributed by atoms with Crippen molar-refractivity contribution < 1.29 is 4.74 Å². The van der Waals surface area contributed by atoms with Crippen molar-refractivity contribution in [3.8, 4) is 5.75 Å². The molecule has 5 heteroatoms. The normalized spacial score (nSPS) is 17.3. The lowest BCUT2D eigenvalue weighted by Crippen LogP contribution is -2.36. The summed E-state index contributed by atoms with van der Waals surface area (Å²) in [4.78, 5) is 7.36. The van der Waals surface area contributed by atoms with Crippen molar-refractivity contribution in [3.05, 3.63) is 60.8 Å². The van der Waals surface area contributed by atoms with Gasteiger partial charge in [-0.25, -0.2) is 0 Å². The molecule has 2 heterocycles. The minimum Gasteiger partial charge on any atom is -0.494 e. The third-order valence-electron chi connectivity index (χ3n) is 7.93. The van der Waals surface area contributed by atoms with Crippen LogP contribution in [0, 0.1) is 5.92 Å². The summed E-state index contributed by atoms with van der Waals surface area (Å²) < 4.78 is 6.13. The Morgan fingerprint density at radius 3 is 2.69 bits per heavy atom. The molecule has 1 N–H and O–H groups in total. The molecule has 1 aromatic carbocycles. The van der Waals surface area contributed by atoms with Crippen LogP contribution >= 0.6 is 0 Å². The summed E-state index contributed by atoms with van der Waals surface area (Å²) in [5.41, 5.74) is 4.61. The van der Waals surface area contributed by atoms with E-state index in [9.17, 15) is 0 Å². The fourth-order valence-corrected chi connectivity index (χ4v) is 5.57. The van der Waals surface area contributed by atoms with E-state index >= 15 is 0 Å². The highest BCUT2D eigenvalue weighted by Gasteiger charge is 2.29. The topological polar surface area (TPSA) is 31.0 Å². The first-order chi connectivity index (χ1) is 17.4. The number of likely N-dealkylation sites (N-methyl/N-ethyl adjacent to an activating group) is 1. The van der Waals surface area contributed by atoms with Gasteiger partial charge in [-0.1, -0.05) is 32.1 Å². The number of piperidine rings is 1. The fraction of sp³-hybridized carbons (Fsp3) is 0.613. The second-order valence-corrected chi connectivity index (χ2v) is 10.8. The van der Waals surface area contributed by atoms with Crippen molar-refractivity contribution >= 4 is 5.70 Å². The number of allylic oxidation sites excluding steroid dienone is 1. The van der Waals surface area contributed by atoms with Crippen LogP contribution in [-0.2, 0) is 6.54 Å². The quantitative estimate of drug-likeness (QED) is 0.233. The molecule has 0 amide bonds. The average Bonchev–Trinajstić information content (AvgIpc) is 3.20. The Morgan fingerprint density at radius 1 is 1.22 bits per heavy atom. The minimum atomic E-state index is 0.209. The predicted octanol–water partition coefficient (Wildman–Crippen LogP) is 5.75. The lowest BCUT2D eigenvalue weighted by Gasteiger charge is -2.32. The molecule has 3 rings (SSSR count). The fourth-order valence-electron chi connectivity index (χ4n) is 5.57. The molecule has 0 aliphatic carbocycles. The molecule has 0 aromatic heterocycles. The summed E-state index contributed by atoms with van der Waals surface area (Å²) in [6.07, 6.45) is 11.5. The average molecular weight is 495 g/mol. The van der Waals surface area contributed by atoms with Gasteiger partial charge in [0.25, 0.3) is 0 Å². The summed E-state index contributed by atoms with van der Waals surface area (Å²) >= 11 is 0. The third-order valence-corrected chi connectivity index (χ3v) is 7.93. The zero-order valence-electron chi connectivity index (χ0n) is 23.2. The van der Waals surface area contributed by atoms with E-state index in [-0.39, 0.29) is 6.04 Å². The zero-order chi connectivity index (χ0) is 25.9. The van der Waals surface area contributed by atoms with E-state index in [2.05, 4.69) is 72.0 Å². The standard InChI is InChI=1S/C31H50N4O/c1-7-8-13-31(25(2)32-4)35-24-28-22-29(14-15-30(28)26(35)3)36-21-12-10-9-11-18-34(6)23-27-16-19-33(5)20-17-27/h7,14-15,22,27,31-32H,1-3,8-13,16-21,23-24H2,4-6H3. The van der Waals surface area contributed by atoms with Gasteiger partial charge in [0.05, 0.1) is 12.6 Å². The van der Waals surface area contributed by atoms with Crippen LogP contribution < -0.4 is 10.1 Å². The summed E-state index contributed by atoms with van der Waals surface area (Å²) in [5, 5.41) is 3.24. The molecule has 1 fully saturated rings. The van der Waals surface area contributed by atoms with Crippen LogP contribution in [0.5, 0.6) is 5.75 Å². The van der Waals surface area contributed by atoms with E-state index in [0.29, 0.717) is 0 Å². The van der Waals surface area contributed by atoms with Crippen LogP contribution in [0.4, 0.5) is 0 Å². The van der Waals surface area contributed by atoms with E-state index in [0.717, 1.165) is 55.5 Å². The molecule has 0 bridgehead atoms. The second kappa shape index (κ2) is 14.5. The Morgan fingerprint density at radius 2 is 1.97 bits per heavy atom. The molecule has 2 aliphatic rings.